The van der Waals surface area contributed by atoms with Crippen molar-refractivity contribution >= 4 is 23.2 Å². The number of nitrogens with zero attached hydrogens (tertiary/aromatic N) is 2. The highest BCUT2D eigenvalue weighted by Gasteiger charge is 2.08. The Kier molecular flexibility index (Phi) is 3.30. The van der Waals surface area contributed by atoms with E-state index >= 15 is 0 Å². The molecule has 1 N–H and O–H groups in total. The summed E-state index contributed by atoms with van der Waals surface area (Å²) in [7, 11) is 0. The van der Waals surface area contributed by atoms with Crippen LogP contribution in [0.5, 0.6) is 0 Å². The predicted octanol–water partition coefficient (Wildman–Crippen LogP) is 2.52. The topological polar surface area (TPSA) is 54.9 Å². The molecule has 1 amide bonds. The Morgan fingerprint density at radius 1 is 1.35 bits per heavy atom. The maximum absolute atomic E-state index is 12.9. The molecule has 4 nitrogen and oxygen atoms in total. The van der Waals surface area contributed by atoms with Crippen LogP contribution in [-0.4, -0.2) is 15.9 Å². The molecular formula is C11H7ClFN3O. The number of anilines is 1. The summed E-state index contributed by atoms with van der Waals surface area (Å²) >= 11 is 5.59. The minimum atomic E-state index is -0.538. The third kappa shape index (κ3) is 2.76. The van der Waals surface area contributed by atoms with E-state index in [0.29, 0.717) is 5.69 Å². The highest BCUT2D eigenvalue weighted by molar-refractivity contribution is 6.31. The van der Waals surface area contributed by atoms with Crippen molar-refractivity contribution in [3.8, 4) is 0 Å². The van der Waals surface area contributed by atoms with Crippen LogP contribution in [-0.2, 0) is 0 Å². The smallest absolute Gasteiger partial charge is 0.275 e. The number of benzene rings is 1. The van der Waals surface area contributed by atoms with Crippen LogP contribution in [0.25, 0.3) is 0 Å². The quantitative estimate of drug-likeness (QED) is 0.892. The van der Waals surface area contributed by atoms with Gasteiger partial charge in [-0.15, -0.1) is 0 Å². The zero-order valence-electron chi connectivity index (χ0n) is 8.52. The molecule has 0 radical (unpaired) electrons. The number of rotatable bonds is 2. The third-order valence-electron chi connectivity index (χ3n) is 1.97. The molecule has 0 aliphatic carbocycles. The number of halogens is 2. The molecule has 6 heteroatoms. The molecule has 0 fully saturated rings. The van der Waals surface area contributed by atoms with E-state index < -0.39 is 11.7 Å². The monoisotopic (exact) mass is 251 g/mol. The Balaban J connectivity index is 2.16. The molecular weight excluding hydrogens is 245 g/mol. The average Bonchev–Trinajstić information content (AvgIpc) is 2.35. The summed E-state index contributed by atoms with van der Waals surface area (Å²) in [5, 5.41) is 2.48. The summed E-state index contributed by atoms with van der Waals surface area (Å²) in [6.07, 6.45) is 4.21. The van der Waals surface area contributed by atoms with Crippen molar-refractivity contribution < 1.29 is 9.18 Å². The lowest BCUT2D eigenvalue weighted by molar-refractivity contribution is 0.102. The lowest BCUT2D eigenvalue weighted by Gasteiger charge is -2.04. The predicted molar refractivity (Wildman–Crippen MR) is 61.4 cm³/mol. The van der Waals surface area contributed by atoms with Crippen LogP contribution in [0.3, 0.4) is 0 Å². The van der Waals surface area contributed by atoms with E-state index in [-0.39, 0.29) is 10.7 Å². The first-order valence-electron chi connectivity index (χ1n) is 4.69. The number of hydrogen-bond donors (Lipinski definition) is 1. The fourth-order valence-electron chi connectivity index (χ4n) is 1.19. The van der Waals surface area contributed by atoms with E-state index in [1.807, 2.05) is 0 Å². The molecule has 2 rings (SSSR count). The van der Waals surface area contributed by atoms with Crippen LogP contribution in [0.2, 0.25) is 5.02 Å². The second-order valence-corrected chi connectivity index (χ2v) is 3.58. The molecule has 1 heterocycles. The molecule has 0 aliphatic rings. The zero-order valence-corrected chi connectivity index (χ0v) is 9.28. The van der Waals surface area contributed by atoms with E-state index in [9.17, 15) is 9.18 Å². The van der Waals surface area contributed by atoms with E-state index in [2.05, 4.69) is 15.3 Å². The third-order valence-corrected chi connectivity index (χ3v) is 2.26. The van der Waals surface area contributed by atoms with Gasteiger partial charge in [0.05, 0.1) is 11.2 Å². The summed E-state index contributed by atoms with van der Waals surface area (Å²) in [4.78, 5) is 19.3. The normalized spacial score (nSPS) is 10.0. The molecule has 17 heavy (non-hydrogen) atoms. The Morgan fingerprint density at radius 3 is 2.82 bits per heavy atom. The summed E-state index contributed by atoms with van der Waals surface area (Å²) in [5.41, 5.74) is 0.569. The van der Waals surface area contributed by atoms with Gasteiger partial charge in [-0.25, -0.2) is 9.37 Å². The second kappa shape index (κ2) is 4.88. The van der Waals surface area contributed by atoms with Gasteiger partial charge in [0.15, 0.2) is 0 Å². The lowest BCUT2D eigenvalue weighted by atomic mass is 10.3. The fraction of sp³-hybridized carbons (Fsp3) is 0. The van der Waals surface area contributed by atoms with E-state index in [1.165, 1.54) is 36.8 Å². The number of amides is 1. The molecule has 1 aromatic carbocycles. The van der Waals surface area contributed by atoms with Gasteiger partial charge in [0.1, 0.15) is 11.5 Å². The molecule has 86 valence electrons. The van der Waals surface area contributed by atoms with E-state index in [1.54, 1.807) is 0 Å². The first-order valence-corrected chi connectivity index (χ1v) is 5.07. The largest absolute Gasteiger partial charge is 0.321 e. The summed E-state index contributed by atoms with van der Waals surface area (Å²) in [6, 6.07) is 3.91. The molecule has 1 aromatic heterocycles. The van der Waals surface area contributed by atoms with Gasteiger partial charge < -0.3 is 5.32 Å². The van der Waals surface area contributed by atoms with Gasteiger partial charge in [0.2, 0.25) is 0 Å². The highest BCUT2D eigenvalue weighted by Crippen LogP contribution is 2.19. The first-order chi connectivity index (χ1) is 8.16. The van der Waals surface area contributed by atoms with Crippen LogP contribution < -0.4 is 5.32 Å². The van der Waals surface area contributed by atoms with Crippen LogP contribution in [0.1, 0.15) is 10.5 Å². The van der Waals surface area contributed by atoms with Gasteiger partial charge in [0.25, 0.3) is 5.91 Å². The molecule has 0 bridgehead atoms. The molecule has 0 spiro atoms. The zero-order chi connectivity index (χ0) is 12.3. The number of nitrogens with one attached hydrogen (secondary N) is 1. The van der Waals surface area contributed by atoms with E-state index in [0.717, 1.165) is 0 Å². The van der Waals surface area contributed by atoms with Crippen molar-refractivity contribution in [2.75, 3.05) is 5.32 Å². The Morgan fingerprint density at radius 2 is 2.18 bits per heavy atom. The van der Waals surface area contributed by atoms with Crippen molar-refractivity contribution in [2.24, 2.45) is 0 Å². The fourth-order valence-corrected chi connectivity index (χ4v) is 1.37. The number of aromatic nitrogens is 2. The van der Waals surface area contributed by atoms with Gasteiger partial charge in [-0.3, -0.25) is 9.78 Å². The SMILES string of the molecule is O=C(Nc1ccc(F)c(Cl)c1)c1cnccn1. The molecule has 0 atom stereocenters. The molecule has 0 saturated heterocycles. The minimum absolute atomic E-state index is 0.0538. The van der Waals surface area contributed by atoms with Crippen LogP contribution in [0, 0.1) is 5.82 Å². The Hall–Kier alpha value is -2.01. The van der Waals surface area contributed by atoms with Crippen LogP contribution in [0.15, 0.2) is 36.8 Å². The molecule has 2 aromatic rings. The van der Waals surface area contributed by atoms with Gasteiger partial charge in [-0.05, 0) is 18.2 Å². The number of carbonyl (C=O) groups is 1. The van der Waals surface area contributed by atoms with Crippen LogP contribution >= 0.6 is 11.6 Å². The Labute approximate surface area is 101 Å². The van der Waals surface area contributed by atoms with E-state index in [4.69, 9.17) is 11.6 Å². The first kappa shape index (κ1) is 11.5. The summed E-state index contributed by atoms with van der Waals surface area (Å²) in [6.45, 7) is 0. The second-order valence-electron chi connectivity index (χ2n) is 3.17. The number of hydrogen-bond acceptors (Lipinski definition) is 3. The van der Waals surface area contributed by atoms with Crippen molar-refractivity contribution in [3.05, 3.63) is 53.3 Å². The average molecular weight is 252 g/mol. The van der Waals surface area contributed by atoms with Gasteiger partial charge in [-0.1, -0.05) is 11.6 Å². The van der Waals surface area contributed by atoms with Crippen molar-refractivity contribution in [3.63, 3.8) is 0 Å². The molecule has 0 saturated carbocycles. The standard InChI is InChI=1S/C11H7ClFN3O/c12-8-5-7(1-2-9(8)13)16-11(17)10-6-14-3-4-15-10/h1-6H,(H,16,17). The van der Waals surface area contributed by atoms with Crippen molar-refractivity contribution in [1.82, 2.24) is 9.97 Å². The van der Waals surface area contributed by atoms with Crippen molar-refractivity contribution in [1.29, 1.82) is 0 Å². The summed E-state index contributed by atoms with van der Waals surface area (Å²) < 4.78 is 12.9. The van der Waals surface area contributed by atoms with Gasteiger partial charge in [-0.2, -0.15) is 0 Å². The van der Waals surface area contributed by atoms with Gasteiger partial charge in [0, 0.05) is 18.1 Å². The maximum Gasteiger partial charge on any atom is 0.275 e. The van der Waals surface area contributed by atoms with Gasteiger partial charge >= 0.3 is 0 Å². The maximum atomic E-state index is 12.9. The molecule has 0 aliphatic heterocycles. The summed E-state index contributed by atoms with van der Waals surface area (Å²) in [5.74, 6) is -0.968. The lowest BCUT2D eigenvalue weighted by Crippen LogP contribution is -2.13. The van der Waals surface area contributed by atoms with Crippen LogP contribution in [0.4, 0.5) is 10.1 Å². The Bertz CT molecular complexity index is 548. The minimum Gasteiger partial charge on any atom is -0.321 e. The molecule has 0 unspecified atom stereocenters. The van der Waals surface area contributed by atoms with Crippen molar-refractivity contribution in [2.45, 2.75) is 0 Å². The number of carbonyl (C=O) groups excluding carboxylic acids is 1. The highest BCUT2D eigenvalue weighted by atomic mass is 35.5.